The summed E-state index contributed by atoms with van der Waals surface area (Å²) >= 11 is 18.0. The van der Waals surface area contributed by atoms with Crippen LogP contribution < -0.4 is 4.74 Å². The second-order valence-corrected chi connectivity index (χ2v) is 6.06. The summed E-state index contributed by atoms with van der Waals surface area (Å²) in [5, 5.41) is 13.2. The Morgan fingerprint density at radius 1 is 1.00 bits per heavy atom. The van der Waals surface area contributed by atoms with Gasteiger partial charge in [0, 0.05) is 10.6 Å². The highest BCUT2D eigenvalue weighted by Crippen LogP contribution is 2.25. The molecule has 1 heterocycles. The second-order valence-electron chi connectivity index (χ2n) is 4.81. The first-order valence-corrected chi connectivity index (χ1v) is 8.00. The average Bonchev–Trinajstić information content (AvgIpc) is 3.08. The van der Waals surface area contributed by atoms with Gasteiger partial charge in [-0.3, -0.25) is 0 Å². The van der Waals surface area contributed by atoms with Gasteiger partial charge in [0.25, 0.3) is 0 Å². The minimum Gasteiger partial charge on any atom is -0.488 e. The summed E-state index contributed by atoms with van der Waals surface area (Å²) in [5.74, 6) is 0.641. The van der Waals surface area contributed by atoms with E-state index in [9.17, 15) is 0 Å². The van der Waals surface area contributed by atoms with Crippen molar-refractivity contribution >= 4 is 41.0 Å². The smallest absolute Gasteiger partial charge is 0.141 e. The molecule has 0 aliphatic heterocycles. The van der Waals surface area contributed by atoms with E-state index in [2.05, 4.69) is 15.3 Å². The SMILES string of the molecule is Clc1ccc(OCc2ccc(Cl)c(Cl)c2)c(/C=N\n2cnnc2)c1. The number of nitrogens with zero attached hydrogens (tertiary/aromatic N) is 4. The molecule has 3 aromatic rings. The zero-order chi connectivity index (χ0) is 16.9. The molecule has 0 saturated heterocycles. The lowest BCUT2D eigenvalue weighted by atomic mass is 10.2. The lowest BCUT2D eigenvalue weighted by Crippen LogP contribution is -1.99. The van der Waals surface area contributed by atoms with Gasteiger partial charge in [0.1, 0.15) is 25.0 Å². The molecular weight excluding hydrogens is 371 g/mol. The zero-order valence-electron chi connectivity index (χ0n) is 12.2. The largest absolute Gasteiger partial charge is 0.488 e. The highest BCUT2D eigenvalue weighted by atomic mass is 35.5. The van der Waals surface area contributed by atoms with E-state index in [0.717, 1.165) is 11.1 Å². The molecule has 0 aliphatic carbocycles. The molecule has 0 radical (unpaired) electrons. The van der Waals surface area contributed by atoms with Gasteiger partial charge in [0.05, 0.1) is 16.3 Å². The Bertz CT molecular complexity index is 866. The monoisotopic (exact) mass is 380 g/mol. The van der Waals surface area contributed by atoms with Gasteiger partial charge in [0.15, 0.2) is 0 Å². The first-order valence-electron chi connectivity index (χ1n) is 6.87. The Morgan fingerprint density at radius 3 is 2.54 bits per heavy atom. The van der Waals surface area contributed by atoms with Gasteiger partial charge in [-0.05, 0) is 35.9 Å². The molecule has 8 heteroatoms. The van der Waals surface area contributed by atoms with Gasteiger partial charge in [-0.15, -0.1) is 10.2 Å². The second kappa shape index (κ2) is 7.66. The molecule has 0 atom stereocenters. The van der Waals surface area contributed by atoms with Gasteiger partial charge in [-0.2, -0.15) is 5.10 Å². The van der Waals surface area contributed by atoms with Crippen LogP contribution in [-0.4, -0.2) is 21.1 Å². The van der Waals surface area contributed by atoms with Crippen molar-refractivity contribution in [1.82, 2.24) is 14.9 Å². The Morgan fingerprint density at radius 2 is 1.79 bits per heavy atom. The fourth-order valence-corrected chi connectivity index (χ4v) is 2.43. The van der Waals surface area contributed by atoms with Crippen LogP contribution in [0.5, 0.6) is 5.75 Å². The van der Waals surface area contributed by atoms with Crippen molar-refractivity contribution in [1.29, 1.82) is 0 Å². The van der Waals surface area contributed by atoms with E-state index in [1.807, 2.05) is 6.07 Å². The Hall–Kier alpha value is -2.08. The number of rotatable bonds is 5. The van der Waals surface area contributed by atoms with Crippen LogP contribution >= 0.6 is 34.8 Å². The van der Waals surface area contributed by atoms with Crippen molar-refractivity contribution in [2.24, 2.45) is 5.10 Å². The van der Waals surface area contributed by atoms with Crippen LogP contribution in [0.2, 0.25) is 15.1 Å². The predicted octanol–water partition coefficient (Wildman–Crippen LogP) is 4.70. The van der Waals surface area contributed by atoms with Crippen LogP contribution in [0.4, 0.5) is 0 Å². The molecule has 24 heavy (non-hydrogen) atoms. The quantitative estimate of drug-likeness (QED) is 0.602. The van der Waals surface area contributed by atoms with Crippen LogP contribution in [0.1, 0.15) is 11.1 Å². The van der Waals surface area contributed by atoms with E-state index >= 15 is 0 Å². The molecule has 0 amide bonds. The van der Waals surface area contributed by atoms with Crippen LogP contribution in [0, 0.1) is 0 Å². The van der Waals surface area contributed by atoms with Crippen molar-refractivity contribution in [3.8, 4) is 5.75 Å². The maximum absolute atomic E-state index is 6.05. The van der Waals surface area contributed by atoms with Gasteiger partial charge in [-0.25, -0.2) is 4.68 Å². The third-order valence-electron chi connectivity index (χ3n) is 3.09. The third kappa shape index (κ3) is 4.26. The number of aromatic nitrogens is 3. The number of ether oxygens (including phenoxy) is 1. The number of benzene rings is 2. The molecule has 1 aromatic heterocycles. The molecule has 0 aliphatic rings. The predicted molar refractivity (Wildman–Crippen MR) is 95.3 cm³/mol. The van der Waals surface area contributed by atoms with E-state index in [0.29, 0.717) is 27.4 Å². The van der Waals surface area contributed by atoms with Crippen molar-refractivity contribution < 1.29 is 4.74 Å². The van der Waals surface area contributed by atoms with Crippen molar-refractivity contribution in [3.63, 3.8) is 0 Å². The Balaban J connectivity index is 1.78. The standard InChI is InChI=1S/C16H11Cl3N4O/c17-13-2-4-16(12(6-13)7-22-23-9-20-21-10-23)24-8-11-1-3-14(18)15(19)5-11/h1-7,9-10H,8H2/b22-7-. The minimum absolute atomic E-state index is 0.339. The van der Waals surface area contributed by atoms with Crippen molar-refractivity contribution in [2.45, 2.75) is 6.61 Å². The molecular formula is C16H11Cl3N4O. The minimum atomic E-state index is 0.339. The summed E-state index contributed by atoms with van der Waals surface area (Å²) in [6, 6.07) is 10.7. The fourth-order valence-electron chi connectivity index (χ4n) is 1.93. The number of hydrogen-bond acceptors (Lipinski definition) is 4. The lowest BCUT2D eigenvalue weighted by molar-refractivity contribution is 0.306. The van der Waals surface area contributed by atoms with E-state index < -0.39 is 0 Å². The van der Waals surface area contributed by atoms with Crippen LogP contribution in [0.15, 0.2) is 54.2 Å². The van der Waals surface area contributed by atoms with Gasteiger partial charge < -0.3 is 4.74 Å². The first kappa shape index (κ1) is 16.8. The topological polar surface area (TPSA) is 52.3 Å². The molecule has 3 rings (SSSR count). The maximum Gasteiger partial charge on any atom is 0.141 e. The Labute approximate surface area is 153 Å². The van der Waals surface area contributed by atoms with Gasteiger partial charge in [0.2, 0.25) is 0 Å². The summed E-state index contributed by atoms with van der Waals surface area (Å²) in [7, 11) is 0. The van der Waals surface area contributed by atoms with Crippen LogP contribution in [0.25, 0.3) is 0 Å². The summed E-state index contributed by atoms with van der Waals surface area (Å²) in [5.41, 5.74) is 1.64. The molecule has 0 unspecified atom stereocenters. The molecule has 122 valence electrons. The highest BCUT2D eigenvalue weighted by Gasteiger charge is 2.05. The van der Waals surface area contributed by atoms with Crippen molar-refractivity contribution in [2.75, 3.05) is 0 Å². The summed E-state index contributed by atoms with van der Waals surface area (Å²) in [6.07, 6.45) is 4.59. The van der Waals surface area contributed by atoms with E-state index in [1.165, 1.54) is 17.3 Å². The van der Waals surface area contributed by atoms with Crippen LogP contribution in [-0.2, 0) is 6.61 Å². The molecule has 0 saturated carbocycles. The van der Waals surface area contributed by atoms with Crippen LogP contribution in [0.3, 0.4) is 0 Å². The maximum atomic E-state index is 6.05. The highest BCUT2D eigenvalue weighted by molar-refractivity contribution is 6.42. The van der Waals surface area contributed by atoms with Gasteiger partial charge in [-0.1, -0.05) is 40.9 Å². The number of halogens is 3. The summed E-state index contributed by atoms with van der Waals surface area (Å²) in [6.45, 7) is 0.339. The zero-order valence-corrected chi connectivity index (χ0v) is 14.5. The third-order valence-corrected chi connectivity index (χ3v) is 4.06. The molecule has 2 aromatic carbocycles. The lowest BCUT2D eigenvalue weighted by Gasteiger charge is -2.10. The molecule has 0 fully saturated rings. The summed E-state index contributed by atoms with van der Waals surface area (Å²) < 4.78 is 7.33. The molecule has 0 N–H and O–H groups in total. The molecule has 0 spiro atoms. The summed E-state index contributed by atoms with van der Waals surface area (Å²) in [4.78, 5) is 0. The normalized spacial score (nSPS) is 11.1. The van der Waals surface area contributed by atoms with E-state index in [4.69, 9.17) is 39.5 Å². The first-order chi connectivity index (χ1) is 11.6. The number of hydrogen-bond donors (Lipinski definition) is 0. The Kier molecular flexibility index (Phi) is 5.35. The van der Waals surface area contributed by atoms with E-state index in [1.54, 1.807) is 36.5 Å². The molecule has 0 bridgehead atoms. The van der Waals surface area contributed by atoms with E-state index in [-0.39, 0.29) is 0 Å². The fraction of sp³-hybridized carbons (Fsp3) is 0.0625. The van der Waals surface area contributed by atoms with Crippen molar-refractivity contribution in [3.05, 3.63) is 75.2 Å². The van der Waals surface area contributed by atoms with Gasteiger partial charge >= 0.3 is 0 Å². The average molecular weight is 382 g/mol. The molecule has 5 nitrogen and oxygen atoms in total.